The summed E-state index contributed by atoms with van der Waals surface area (Å²) in [6, 6.07) is 0. The maximum Gasteiger partial charge on any atom is 0.429 e. The number of amides is 3. The van der Waals surface area contributed by atoms with E-state index >= 15 is 0 Å². The molecule has 0 aliphatic carbocycles. The fourth-order valence-corrected chi connectivity index (χ4v) is 3.69. The Morgan fingerprint density at radius 2 is 1.65 bits per heavy atom. The summed E-state index contributed by atoms with van der Waals surface area (Å²) in [5.41, 5.74) is 0.656. The second kappa shape index (κ2) is 8.04. The Bertz CT molecular complexity index is 746. The van der Waals surface area contributed by atoms with Crippen LogP contribution in [0.4, 0.5) is 14.6 Å². The molecule has 0 saturated carbocycles. The normalized spacial score (nSPS) is 12.9. The first-order valence-electron chi connectivity index (χ1n) is 7.64. The molecule has 1 aromatic rings. The minimum Gasteiger partial charge on any atom is -0.462 e. The van der Waals surface area contributed by atoms with Gasteiger partial charge < -0.3 is 19.5 Å². The predicted octanol–water partition coefficient (Wildman–Crippen LogP) is 1.95. The summed E-state index contributed by atoms with van der Waals surface area (Å²) < 4.78 is 14.5. The molecule has 0 saturated heterocycles. The zero-order valence-electron chi connectivity index (χ0n) is 14.8. The third kappa shape index (κ3) is 3.72. The number of thiophene rings is 1. The number of anilines is 1. The number of nitrogens with zero attached hydrogens (tertiary/aromatic N) is 2. The van der Waals surface area contributed by atoms with Gasteiger partial charge in [0.2, 0.25) is 5.91 Å². The maximum absolute atomic E-state index is 12.4. The molecule has 1 aromatic heterocycles. The number of hydrazine groups is 1. The summed E-state index contributed by atoms with van der Waals surface area (Å²) in [6.45, 7) is 3.00. The first-order chi connectivity index (χ1) is 12.3. The summed E-state index contributed by atoms with van der Waals surface area (Å²) in [7, 11) is 2.37. The Morgan fingerprint density at radius 3 is 2.15 bits per heavy atom. The van der Waals surface area contributed by atoms with Crippen LogP contribution in [0.15, 0.2) is 0 Å². The van der Waals surface area contributed by atoms with Crippen LogP contribution in [-0.4, -0.2) is 54.9 Å². The number of ether oxygens (including phenoxy) is 3. The molecule has 2 rings (SSSR count). The van der Waals surface area contributed by atoms with Gasteiger partial charge in [0.15, 0.2) is 0 Å². The summed E-state index contributed by atoms with van der Waals surface area (Å²) in [6.07, 6.45) is -1.55. The molecule has 142 valence electrons. The summed E-state index contributed by atoms with van der Waals surface area (Å²) in [5, 5.41) is 4.99. The molecule has 0 spiro atoms. The van der Waals surface area contributed by atoms with Gasteiger partial charge in [-0.3, -0.25) is 4.79 Å². The molecule has 10 nitrogen and oxygen atoms in total. The van der Waals surface area contributed by atoms with Gasteiger partial charge in [-0.25, -0.2) is 24.4 Å². The van der Waals surface area contributed by atoms with Gasteiger partial charge in [-0.15, -0.1) is 11.3 Å². The van der Waals surface area contributed by atoms with E-state index in [0.717, 1.165) is 21.4 Å². The lowest BCUT2D eigenvalue weighted by molar-refractivity contribution is -0.114. The van der Waals surface area contributed by atoms with Crippen LogP contribution in [0.3, 0.4) is 0 Å². The van der Waals surface area contributed by atoms with Crippen molar-refractivity contribution in [3.8, 4) is 0 Å². The molecule has 3 amide bonds. The van der Waals surface area contributed by atoms with Crippen LogP contribution >= 0.6 is 11.3 Å². The first kappa shape index (κ1) is 19.5. The Balaban J connectivity index is 2.53. The molecule has 0 bridgehead atoms. The van der Waals surface area contributed by atoms with Crippen molar-refractivity contribution in [1.82, 2.24) is 10.0 Å². The van der Waals surface area contributed by atoms with Crippen molar-refractivity contribution in [1.29, 1.82) is 0 Å². The van der Waals surface area contributed by atoms with Crippen molar-refractivity contribution >= 4 is 40.4 Å². The maximum atomic E-state index is 12.4. The largest absolute Gasteiger partial charge is 0.462 e. The standard InChI is InChI=1S/C15H19N3O7S/c1-5-25-13(20)11-9-6-17(14(21)23-3)18(15(22)24-4)7-10(9)26-12(11)16-8(2)19/h5-7H2,1-4H3,(H,16,19). The van der Waals surface area contributed by atoms with Crippen LogP contribution in [0.1, 0.15) is 34.6 Å². The molecule has 1 aliphatic rings. The number of carbonyl (C=O) groups is 4. The quantitative estimate of drug-likeness (QED) is 0.625. The SMILES string of the molecule is CCOC(=O)c1c(NC(C)=O)sc2c1CN(C(=O)OC)N(C(=O)OC)C2. The number of hydrogen-bond donors (Lipinski definition) is 1. The zero-order valence-corrected chi connectivity index (χ0v) is 15.6. The van der Waals surface area contributed by atoms with Crippen LogP contribution in [0, 0.1) is 0 Å². The van der Waals surface area contributed by atoms with E-state index in [1.54, 1.807) is 6.92 Å². The van der Waals surface area contributed by atoms with Gasteiger partial charge in [0, 0.05) is 17.4 Å². The molecule has 1 aliphatic heterocycles. The van der Waals surface area contributed by atoms with Crippen LogP contribution in [-0.2, 0) is 32.1 Å². The summed E-state index contributed by atoms with van der Waals surface area (Å²) in [5.74, 6) is -0.978. The topological polar surface area (TPSA) is 114 Å². The number of esters is 1. The van der Waals surface area contributed by atoms with Crippen molar-refractivity contribution in [2.75, 3.05) is 26.1 Å². The van der Waals surface area contributed by atoms with Gasteiger partial charge in [-0.05, 0) is 6.92 Å². The molecular weight excluding hydrogens is 366 g/mol. The number of hydrogen-bond acceptors (Lipinski definition) is 8. The van der Waals surface area contributed by atoms with E-state index in [1.165, 1.54) is 21.1 Å². The smallest absolute Gasteiger partial charge is 0.429 e. The van der Waals surface area contributed by atoms with Gasteiger partial charge in [0.25, 0.3) is 0 Å². The molecule has 0 aromatic carbocycles. The lowest BCUT2D eigenvalue weighted by Gasteiger charge is -2.36. The van der Waals surface area contributed by atoms with Gasteiger partial charge in [0.05, 0.1) is 39.5 Å². The van der Waals surface area contributed by atoms with Crippen molar-refractivity contribution in [3.63, 3.8) is 0 Å². The van der Waals surface area contributed by atoms with Gasteiger partial charge in [0.1, 0.15) is 5.00 Å². The average molecular weight is 385 g/mol. The molecule has 26 heavy (non-hydrogen) atoms. The predicted molar refractivity (Wildman–Crippen MR) is 90.5 cm³/mol. The summed E-state index contributed by atoms with van der Waals surface area (Å²) >= 11 is 1.14. The highest BCUT2D eigenvalue weighted by Crippen LogP contribution is 2.39. The second-order valence-corrected chi connectivity index (χ2v) is 6.27. The van der Waals surface area contributed by atoms with E-state index < -0.39 is 18.2 Å². The third-order valence-corrected chi connectivity index (χ3v) is 4.66. The molecule has 1 N–H and O–H groups in total. The molecule has 0 unspecified atom stereocenters. The van der Waals surface area contributed by atoms with Crippen molar-refractivity contribution in [3.05, 3.63) is 16.0 Å². The number of carbonyl (C=O) groups excluding carboxylic acids is 4. The summed E-state index contributed by atoms with van der Waals surface area (Å²) in [4.78, 5) is 48.6. The minimum atomic E-state index is -0.789. The first-order valence-corrected chi connectivity index (χ1v) is 8.45. The molecule has 0 radical (unpaired) electrons. The molecular formula is C15H19N3O7S. The van der Waals surface area contributed by atoms with Crippen molar-refractivity contribution < 1.29 is 33.4 Å². The average Bonchev–Trinajstić information content (AvgIpc) is 2.95. The van der Waals surface area contributed by atoms with Gasteiger partial charge >= 0.3 is 18.2 Å². The number of methoxy groups -OCH3 is 2. The van der Waals surface area contributed by atoms with E-state index in [0.29, 0.717) is 15.4 Å². The van der Waals surface area contributed by atoms with Crippen LogP contribution < -0.4 is 5.32 Å². The third-order valence-electron chi connectivity index (χ3n) is 3.52. The fourth-order valence-electron chi connectivity index (χ4n) is 2.47. The second-order valence-electron chi connectivity index (χ2n) is 5.16. The van der Waals surface area contributed by atoms with E-state index in [2.05, 4.69) is 5.32 Å². The molecule has 2 heterocycles. The Hall–Kier alpha value is -2.82. The lowest BCUT2D eigenvalue weighted by Crippen LogP contribution is -2.51. The molecule has 0 atom stereocenters. The van der Waals surface area contributed by atoms with E-state index in [1.807, 2.05) is 0 Å². The highest BCUT2D eigenvalue weighted by Gasteiger charge is 2.38. The van der Waals surface area contributed by atoms with E-state index in [9.17, 15) is 19.2 Å². The highest BCUT2D eigenvalue weighted by atomic mass is 32.1. The zero-order chi connectivity index (χ0) is 19.4. The number of nitrogens with one attached hydrogen (secondary N) is 1. The van der Waals surface area contributed by atoms with Crippen molar-refractivity contribution in [2.24, 2.45) is 0 Å². The Kier molecular flexibility index (Phi) is 6.03. The molecule has 0 fully saturated rings. The lowest BCUT2D eigenvalue weighted by atomic mass is 10.1. The van der Waals surface area contributed by atoms with Gasteiger partial charge in [-0.2, -0.15) is 0 Å². The Morgan fingerprint density at radius 1 is 1.08 bits per heavy atom. The fraction of sp³-hybridized carbons (Fsp3) is 0.467. The van der Waals surface area contributed by atoms with E-state index in [-0.39, 0.29) is 31.2 Å². The monoisotopic (exact) mass is 385 g/mol. The minimum absolute atomic E-state index is 0.0201. The Labute approximate surface area is 153 Å². The van der Waals surface area contributed by atoms with Crippen LogP contribution in [0.25, 0.3) is 0 Å². The van der Waals surface area contributed by atoms with Crippen LogP contribution in [0.5, 0.6) is 0 Å². The van der Waals surface area contributed by atoms with Crippen molar-refractivity contribution in [2.45, 2.75) is 26.9 Å². The highest BCUT2D eigenvalue weighted by molar-refractivity contribution is 7.17. The molecule has 11 heteroatoms. The van der Waals surface area contributed by atoms with E-state index in [4.69, 9.17) is 14.2 Å². The van der Waals surface area contributed by atoms with Crippen LogP contribution in [0.2, 0.25) is 0 Å². The number of fused-ring (bicyclic) bond motifs is 1. The number of rotatable bonds is 3. The van der Waals surface area contributed by atoms with Gasteiger partial charge in [-0.1, -0.05) is 0 Å².